The van der Waals surface area contributed by atoms with Crippen LogP contribution in [0.25, 0.3) is 0 Å². The minimum Gasteiger partial charge on any atom is -0.504 e. The van der Waals surface area contributed by atoms with Crippen molar-refractivity contribution in [3.63, 3.8) is 0 Å². The van der Waals surface area contributed by atoms with Gasteiger partial charge < -0.3 is 9.84 Å². The van der Waals surface area contributed by atoms with Gasteiger partial charge in [-0.25, -0.2) is 4.98 Å². The lowest BCUT2D eigenvalue weighted by atomic mass is 9.49. The number of carbonyl (C=O) groups excluding carboxylic acids is 5. The van der Waals surface area contributed by atoms with Crippen molar-refractivity contribution in [3.8, 4) is 11.5 Å². The summed E-state index contributed by atoms with van der Waals surface area (Å²) in [7, 11) is 1.34. The van der Waals surface area contributed by atoms with E-state index in [0.717, 1.165) is 4.90 Å². The molecule has 6 unspecified atom stereocenters. The number of alkyl halides is 3. The van der Waals surface area contributed by atoms with E-state index < -0.39 is 81.2 Å². The Labute approximate surface area is 375 Å². The number of nitrogens with one attached hydrogen (secondary N) is 1. The maximum Gasteiger partial charge on any atom is 0.417 e. The number of methoxy groups -OCH3 is 1. The van der Waals surface area contributed by atoms with Crippen LogP contribution in [0.2, 0.25) is 10.0 Å². The third-order valence-electron chi connectivity index (χ3n) is 12.6. The van der Waals surface area contributed by atoms with Crippen LogP contribution in [0.1, 0.15) is 51.4 Å². The number of phenolic OH excluding ortho intramolecular Hbond substituents is 1. The van der Waals surface area contributed by atoms with Crippen LogP contribution in [-0.4, -0.2) is 51.6 Å². The second-order valence-electron chi connectivity index (χ2n) is 15.7. The van der Waals surface area contributed by atoms with E-state index in [1.54, 1.807) is 66.7 Å². The Kier molecular flexibility index (Phi) is 10.5. The molecule has 63 heavy (non-hydrogen) atoms. The molecule has 4 amide bonds. The molecule has 6 atom stereocenters. The van der Waals surface area contributed by atoms with E-state index >= 15 is 9.59 Å². The van der Waals surface area contributed by atoms with Crippen LogP contribution < -0.4 is 15.1 Å². The summed E-state index contributed by atoms with van der Waals surface area (Å²) in [6, 6.07) is 24.7. The van der Waals surface area contributed by atoms with Gasteiger partial charge in [-0.3, -0.25) is 34.3 Å². The fraction of sp³-hybridized carbons (Fsp3) is 0.217. The average molecular weight is 961 g/mol. The number of halogens is 6. The van der Waals surface area contributed by atoms with Crippen LogP contribution in [-0.2, 0) is 30.8 Å². The van der Waals surface area contributed by atoms with Gasteiger partial charge in [0.1, 0.15) is 0 Å². The standard InChI is InChI=1S/C46H32BrCl2F3N4O7/c1-63-35-19-26(47)18-32(39(35)58)37-29-15-16-30-36(43(61)55(41(30)59)28-13-7-23(8-14-28)38(57)22-5-3-2-4-6-22)31(29)20-33-42(60)56(44(62)45(33,37)24-9-11-27(48)12-10-24)54-40-34(49)17-25(21-53-40)46(50,51)52/h2-15,17-19,21,30-31,33,36-37,58H,16,20H2,1H3,(H,53,54). The smallest absolute Gasteiger partial charge is 0.417 e. The number of ketones is 1. The van der Waals surface area contributed by atoms with E-state index in [1.165, 1.54) is 37.4 Å². The van der Waals surface area contributed by atoms with Crippen LogP contribution >= 0.6 is 39.1 Å². The lowest BCUT2D eigenvalue weighted by Gasteiger charge is -2.50. The number of phenols is 1. The highest BCUT2D eigenvalue weighted by Crippen LogP contribution is 2.65. The Balaban J connectivity index is 1.18. The number of hydrogen-bond acceptors (Lipinski definition) is 9. The highest BCUT2D eigenvalue weighted by molar-refractivity contribution is 9.10. The molecule has 11 nitrogen and oxygen atoms in total. The molecule has 0 bridgehead atoms. The highest BCUT2D eigenvalue weighted by atomic mass is 79.9. The molecule has 1 saturated carbocycles. The second kappa shape index (κ2) is 15.6. The number of ether oxygens (including phenoxy) is 1. The van der Waals surface area contributed by atoms with Gasteiger partial charge in [0.2, 0.25) is 11.8 Å². The molecule has 2 saturated heterocycles. The fourth-order valence-corrected chi connectivity index (χ4v) is 10.7. The number of fused-ring (bicyclic) bond motifs is 4. The van der Waals surface area contributed by atoms with E-state index in [9.17, 15) is 32.7 Å². The Hall–Kier alpha value is -6.03. The van der Waals surface area contributed by atoms with Crippen LogP contribution in [0, 0.1) is 23.7 Å². The van der Waals surface area contributed by atoms with E-state index in [0.29, 0.717) is 49.0 Å². The van der Waals surface area contributed by atoms with Crippen molar-refractivity contribution in [2.24, 2.45) is 23.7 Å². The first-order chi connectivity index (χ1) is 30.1. The lowest BCUT2D eigenvalue weighted by Crippen LogP contribution is -2.53. The zero-order chi connectivity index (χ0) is 44.7. The van der Waals surface area contributed by atoms with Gasteiger partial charge in [0.15, 0.2) is 23.1 Å². The van der Waals surface area contributed by atoms with Crippen molar-refractivity contribution in [3.05, 3.63) is 157 Å². The largest absolute Gasteiger partial charge is 0.504 e. The van der Waals surface area contributed by atoms with Crippen molar-refractivity contribution < 1.29 is 47.0 Å². The number of nitrogens with zero attached hydrogens (tertiary/aromatic N) is 3. The maximum atomic E-state index is 15.5. The van der Waals surface area contributed by atoms with Crippen molar-refractivity contribution in [2.45, 2.75) is 30.4 Å². The highest BCUT2D eigenvalue weighted by Gasteiger charge is 2.71. The summed E-state index contributed by atoms with van der Waals surface area (Å²) < 4.78 is 46.7. The fourth-order valence-electron chi connectivity index (χ4n) is 9.87. The molecule has 0 radical (unpaired) electrons. The third kappa shape index (κ3) is 6.70. The second-order valence-corrected chi connectivity index (χ2v) is 17.5. The number of hydrazine groups is 1. The van der Waals surface area contributed by atoms with E-state index in [-0.39, 0.29) is 41.4 Å². The van der Waals surface area contributed by atoms with Gasteiger partial charge >= 0.3 is 6.18 Å². The summed E-state index contributed by atoms with van der Waals surface area (Å²) in [4.78, 5) is 77.8. The topological polar surface area (TPSA) is 146 Å². The first-order valence-corrected chi connectivity index (χ1v) is 21.1. The number of allylic oxidation sites excluding steroid dienone is 2. The van der Waals surface area contributed by atoms with Gasteiger partial charge in [0.05, 0.1) is 46.6 Å². The molecule has 3 heterocycles. The number of amides is 4. The zero-order valence-electron chi connectivity index (χ0n) is 32.7. The lowest BCUT2D eigenvalue weighted by molar-refractivity contribution is -0.139. The van der Waals surface area contributed by atoms with Crippen molar-refractivity contribution in [1.29, 1.82) is 0 Å². The molecule has 4 aromatic carbocycles. The number of rotatable bonds is 8. The molecule has 5 aromatic rings. The monoisotopic (exact) mass is 958 g/mol. The van der Waals surface area contributed by atoms with Crippen LogP contribution in [0.15, 0.2) is 119 Å². The predicted octanol–water partition coefficient (Wildman–Crippen LogP) is 9.30. The number of benzene rings is 4. The van der Waals surface area contributed by atoms with Gasteiger partial charge in [-0.15, -0.1) is 0 Å². The zero-order valence-corrected chi connectivity index (χ0v) is 35.8. The van der Waals surface area contributed by atoms with Crippen LogP contribution in [0.3, 0.4) is 0 Å². The molecular formula is C46H32BrCl2F3N4O7. The molecule has 17 heteroatoms. The summed E-state index contributed by atoms with van der Waals surface area (Å²) in [5, 5.41) is 12.4. The van der Waals surface area contributed by atoms with Gasteiger partial charge in [-0.2, -0.15) is 18.2 Å². The van der Waals surface area contributed by atoms with E-state index in [2.05, 4.69) is 26.3 Å². The molecular weight excluding hydrogens is 928 g/mol. The third-order valence-corrected chi connectivity index (χ3v) is 13.6. The molecule has 2 aliphatic heterocycles. The minimum atomic E-state index is -4.79. The summed E-state index contributed by atoms with van der Waals surface area (Å²) in [6.07, 6.45) is -2.58. The summed E-state index contributed by atoms with van der Waals surface area (Å²) in [5.74, 6) is -9.00. The van der Waals surface area contributed by atoms with Crippen LogP contribution in [0.5, 0.6) is 11.5 Å². The first-order valence-electron chi connectivity index (χ1n) is 19.5. The number of imide groups is 2. The Bertz CT molecular complexity index is 2790. The van der Waals surface area contributed by atoms with Crippen LogP contribution in [0.4, 0.5) is 24.7 Å². The van der Waals surface area contributed by atoms with Crippen molar-refractivity contribution >= 4 is 80.0 Å². The Morgan fingerprint density at radius 3 is 2.24 bits per heavy atom. The summed E-state index contributed by atoms with van der Waals surface area (Å²) in [5.41, 5.74) is 1.53. The molecule has 4 aliphatic rings. The minimum absolute atomic E-state index is 0.0265. The number of anilines is 2. The van der Waals surface area contributed by atoms with Crippen molar-refractivity contribution in [1.82, 2.24) is 9.99 Å². The number of aromatic nitrogens is 1. The summed E-state index contributed by atoms with van der Waals surface area (Å²) in [6.45, 7) is 0. The van der Waals surface area contributed by atoms with Gasteiger partial charge in [0.25, 0.3) is 11.8 Å². The number of aromatic hydroxyl groups is 1. The molecule has 3 fully saturated rings. The summed E-state index contributed by atoms with van der Waals surface area (Å²) >= 11 is 16.2. The molecule has 320 valence electrons. The molecule has 9 rings (SSSR count). The van der Waals surface area contributed by atoms with Gasteiger partial charge in [-0.05, 0) is 78.9 Å². The van der Waals surface area contributed by atoms with Crippen molar-refractivity contribution in [2.75, 3.05) is 17.4 Å². The van der Waals surface area contributed by atoms with Gasteiger partial charge in [-0.1, -0.05) is 93.2 Å². The quantitative estimate of drug-likeness (QED) is 0.0883. The molecule has 2 aliphatic carbocycles. The number of hydrogen-bond donors (Lipinski definition) is 2. The maximum absolute atomic E-state index is 15.5. The normalized spacial score (nSPS) is 24.2. The Morgan fingerprint density at radius 2 is 1.59 bits per heavy atom. The number of carbonyl (C=O) groups is 5. The molecule has 2 N–H and O–H groups in total. The molecule has 0 spiro atoms. The SMILES string of the molecule is COc1cc(Br)cc(C2C3=CCC4C(=O)N(c5ccc(C(=O)c6ccccc6)cc5)C(=O)C4C3CC3C(=O)N(Nc4ncc(C(F)(F)F)cc4Cl)C(=O)C32c2ccc(Cl)cc2)c1O. The predicted molar refractivity (Wildman–Crippen MR) is 228 cm³/mol. The first kappa shape index (κ1) is 42.3. The van der Waals surface area contributed by atoms with E-state index in [1.807, 2.05) is 0 Å². The van der Waals surface area contributed by atoms with E-state index in [4.69, 9.17) is 27.9 Å². The Morgan fingerprint density at radius 1 is 0.905 bits per heavy atom. The van der Waals surface area contributed by atoms with Gasteiger partial charge in [0, 0.05) is 38.3 Å². The molecule has 1 aromatic heterocycles. The number of pyridine rings is 1. The average Bonchev–Trinajstić information content (AvgIpc) is 3.65.